The molecule has 0 bridgehead atoms. The van der Waals surface area contributed by atoms with E-state index < -0.39 is 12.4 Å². The van der Waals surface area contributed by atoms with Crippen LogP contribution in [0, 0.1) is 0 Å². The summed E-state index contributed by atoms with van der Waals surface area (Å²) in [5, 5.41) is 9.12. The third-order valence-electron chi connectivity index (χ3n) is 2.68. The first kappa shape index (κ1) is 17.5. The fourth-order valence-electron chi connectivity index (χ4n) is 1.60. The number of benzene rings is 2. The van der Waals surface area contributed by atoms with Crippen molar-refractivity contribution in [3.05, 3.63) is 59.7 Å². The molecule has 98 valence electrons. The Hall–Kier alpha value is -0.529. The fourth-order valence-corrected chi connectivity index (χ4v) is 1.60. The summed E-state index contributed by atoms with van der Waals surface area (Å²) in [4.78, 5) is 0. The average molecular weight is 302 g/mol. The third-order valence-corrected chi connectivity index (χ3v) is 2.68. The Balaban J connectivity index is 0.00000200. The Labute approximate surface area is 158 Å². The largest absolute Gasteiger partial charge is 1.00 e. The molecular formula is C14H11BF3KO. The molecule has 0 saturated heterocycles. The molecule has 0 radical (unpaired) electrons. The standard InChI is InChI=1S/C14H11BF3O.K/c16-15(17,18)13-7-3-11(4-8-13)1-2-12-5-9-14(19)10-6-12;/h1-10,19H;/q-1;+1/b2-1+;. The molecule has 20 heavy (non-hydrogen) atoms. The Kier molecular flexibility index (Phi) is 6.55. The smallest absolute Gasteiger partial charge is 0.508 e. The van der Waals surface area contributed by atoms with Crippen molar-refractivity contribution in [2.24, 2.45) is 0 Å². The number of aromatic hydroxyl groups is 1. The average Bonchev–Trinajstić information content (AvgIpc) is 2.37. The van der Waals surface area contributed by atoms with E-state index in [1.54, 1.807) is 36.4 Å². The number of halogens is 3. The quantitative estimate of drug-likeness (QED) is 0.651. The van der Waals surface area contributed by atoms with Gasteiger partial charge >= 0.3 is 58.4 Å². The van der Waals surface area contributed by atoms with E-state index in [0.29, 0.717) is 5.56 Å². The van der Waals surface area contributed by atoms with Crippen LogP contribution in [0.15, 0.2) is 48.5 Å². The summed E-state index contributed by atoms with van der Waals surface area (Å²) in [5.74, 6) is 0.175. The summed E-state index contributed by atoms with van der Waals surface area (Å²) in [5.41, 5.74) is 0.959. The minimum atomic E-state index is -4.93. The van der Waals surface area contributed by atoms with E-state index in [2.05, 4.69) is 0 Å². The van der Waals surface area contributed by atoms with E-state index >= 15 is 0 Å². The van der Waals surface area contributed by atoms with Crippen LogP contribution in [0.1, 0.15) is 11.1 Å². The van der Waals surface area contributed by atoms with Gasteiger partial charge in [-0.15, -0.1) is 5.46 Å². The summed E-state index contributed by atoms with van der Waals surface area (Å²) in [6.07, 6.45) is 3.49. The van der Waals surface area contributed by atoms with E-state index in [4.69, 9.17) is 5.11 Å². The predicted octanol–water partition coefficient (Wildman–Crippen LogP) is 0.621. The topological polar surface area (TPSA) is 20.2 Å². The monoisotopic (exact) mass is 302 g/mol. The number of rotatable bonds is 3. The molecule has 0 saturated carbocycles. The predicted molar refractivity (Wildman–Crippen MR) is 72.2 cm³/mol. The molecule has 0 unspecified atom stereocenters. The van der Waals surface area contributed by atoms with Crippen LogP contribution in [-0.4, -0.2) is 12.1 Å². The maximum atomic E-state index is 12.4. The van der Waals surface area contributed by atoms with Crippen molar-refractivity contribution in [2.45, 2.75) is 0 Å². The molecule has 2 aromatic carbocycles. The molecular weight excluding hydrogens is 291 g/mol. The second-order valence-corrected chi connectivity index (χ2v) is 4.17. The van der Waals surface area contributed by atoms with E-state index in [-0.39, 0.29) is 57.1 Å². The summed E-state index contributed by atoms with van der Waals surface area (Å²) in [6, 6.07) is 11.6. The van der Waals surface area contributed by atoms with E-state index in [1.165, 1.54) is 12.1 Å². The van der Waals surface area contributed by atoms with Crippen molar-refractivity contribution in [3.8, 4) is 5.75 Å². The van der Waals surface area contributed by atoms with E-state index in [0.717, 1.165) is 17.7 Å². The van der Waals surface area contributed by atoms with Crippen molar-refractivity contribution in [1.29, 1.82) is 0 Å². The van der Waals surface area contributed by atoms with Gasteiger partial charge in [-0.1, -0.05) is 48.6 Å². The molecule has 1 nitrogen and oxygen atoms in total. The Morgan fingerprint density at radius 3 is 1.55 bits per heavy atom. The minimum absolute atomic E-state index is 0. The first-order valence-corrected chi connectivity index (χ1v) is 5.72. The second-order valence-electron chi connectivity index (χ2n) is 4.17. The van der Waals surface area contributed by atoms with Crippen LogP contribution in [0.4, 0.5) is 12.9 Å². The molecule has 0 aromatic heterocycles. The first-order chi connectivity index (χ1) is 8.95. The van der Waals surface area contributed by atoms with E-state index in [1.807, 2.05) is 0 Å². The van der Waals surface area contributed by atoms with Crippen molar-refractivity contribution in [1.82, 2.24) is 0 Å². The first-order valence-electron chi connectivity index (χ1n) is 5.72. The van der Waals surface area contributed by atoms with Gasteiger partial charge in [0, 0.05) is 0 Å². The van der Waals surface area contributed by atoms with Crippen LogP contribution >= 0.6 is 0 Å². The zero-order valence-electron chi connectivity index (χ0n) is 10.9. The molecule has 6 heteroatoms. The van der Waals surface area contributed by atoms with Gasteiger partial charge in [0.15, 0.2) is 0 Å². The molecule has 1 N–H and O–H groups in total. The van der Waals surface area contributed by atoms with Gasteiger partial charge in [-0.3, -0.25) is 0 Å². The molecule has 0 aliphatic rings. The molecule has 0 heterocycles. The van der Waals surface area contributed by atoms with Gasteiger partial charge < -0.3 is 18.1 Å². The molecule has 0 aliphatic carbocycles. The maximum absolute atomic E-state index is 12.4. The van der Waals surface area contributed by atoms with Crippen molar-refractivity contribution < 1.29 is 69.4 Å². The number of phenols is 1. The van der Waals surface area contributed by atoms with Gasteiger partial charge in [-0.05, 0) is 23.3 Å². The van der Waals surface area contributed by atoms with Gasteiger partial charge in [0.1, 0.15) is 5.75 Å². The Bertz CT molecular complexity index is 577. The van der Waals surface area contributed by atoms with Crippen LogP contribution < -0.4 is 56.8 Å². The van der Waals surface area contributed by atoms with Crippen molar-refractivity contribution in [3.63, 3.8) is 0 Å². The van der Waals surface area contributed by atoms with Gasteiger partial charge in [0.2, 0.25) is 0 Å². The van der Waals surface area contributed by atoms with Crippen molar-refractivity contribution >= 4 is 24.6 Å². The van der Waals surface area contributed by atoms with Crippen molar-refractivity contribution in [2.75, 3.05) is 0 Å². The summed E-state index contributed by atoms with van der Waals surface area (Å²) in [7, 11) is 0. The van der Waals surface area contributed by atoms with Gasteiger partial charge in [0.05, 0.1) is 0 Å². The molecule has 0 fully saturated rings. The Morgan fingerprint density at radius 2 is 1.15 bits per heavy atom. The second kappa shape index (κ2) is 7.47. The molecule has 2 rings (SSSR count). The molecule has 0 spiro atoms. The number of hydrogen-bond donors (Lipinski definition) is 1. The van der Waals surface area contributed by atoms with Gasteiger partial charge in [-0.25, -0.2) is 0 Å². The van der Waals surface area contributed by atoms with Gasteiger partial charge in [-0.2, -0.15) is 0 Å². The normalized spacial score (nSPS) is 11.3. The summed E-state index contributed by atoms with van der Waals surface area (Å²) in [6.45, 7) is -4.93. The Morgan fingerprint density at radius 1 is 0.750 bits per heavy atom. The zero-order chi connectivity index (χ0) is 13.9. The fraction of sp³-hybridized carbons (Fsp3) is 0. The zero-order valence-corrected chi connectivity index (χ0v) is 14.1. The van der Waals surface area contributed by atoms with Crippen LogP contribution in [0.3, 0.4) is 0 Å². The number of phenolic OH excluding ortho intramolecular Hbond substituents is 1. The SMILES string of the molecule is Oc1ccc(/C=C/c2ccc([B-](F)(F)F)cc2)cc1.[K+]. The third kappa shape index (κ3) is 5.11. The molecule has 2 aromatic rings. The molecule has 0 amide bonds. The maximum Gasteiger partial charge on any atom is 1.00 e. The number of hydrogen-bond acceptors (Lipinski definition) is 1. The summed E-state index contributed by atoms with van der Waals surface area (Å²) >= 11 is 0. The van der Waals surface area contributed by atoms with Crippen LogP contribution in [0.5, 0.6) is 5.75 Å². The van der Waals surface area contributed by atoms with Crippen LogP contribution in [0.25, 0.3) is 12.2 Å². The summed E-state index contributed by atoms with van der Waals surface area (Å²) < 4.78 is 37.3. The molecule has 0 aliphatic heterocycles. The van der Waals surface area contributed by atoms with Crippen LogP contribution in [0.2, 0.25) is 0 Å². The minimum Gasteiger partial charge on any atom is -0.508 e. The van der Waals surface area contributed by atoms with Crippen LogP contribution in [-0.2, 0) is 0 Å². The van der Waals surface area contributed by atoms with E-state index in [9.17, 15) is 12.9 Å². The molecule has 0 atom stereocenters. The van der Waals surface area contributed by atoms with Gasteiger partial charge in [0.25, 0.3) is 0 Å².